The first kappa shape index (κ1) is 9.43. The van der Waals surface area contributed by atoms with E-state index in [1.165, 1.54) is 0 Å². The molecule has 1 atom stereocenters. The zero-order valence-corrected chi connectivity index (χ0v) is 8.97. The Hall–Kier alpha value is -1.13. The van der Waals surface area contributed by atoms with E-state index in [0.717, 1.165) is 17.0 Å². The number of aromatic nitrogens is 1. The van der Waals surface area contributed by atoms with Gasteiger partial charge in [-0.05, 0) is 20.0 Å². The number of hydrogen-bond donors (Lipinski definition) is 1. The number of aryl methyl sites for hydroxylation is 1. The van der Waals surface area contributed by atoms with Crippen molar-refractivity contribution in [3.8, 4) is 0 Å². The Morgan fingerprint density at radius 2 is 2.43 bits per heavy atom. The lowest BCUT2D eigenvalue weighted by molar-refractivity contribution is 0.527. The van der Waals surface area contributed by atoms with Gasteiger partial charge in [-0.25, -0.2) is 4.98 Å². The van der Waals surface area contributed by atoms with Gasteiger partial charge in [0, 0.05) is 10.9 Å². The average molecular weight is 208 g/mol. The Bertz CT molecular complexity index is 394. The number of nitrogens with one attached hydrogen (secondary N) is 1. The molecule has 0 spiro atoms. The molecule has 0 fully saturated rings. The van der Waals surface area contributed by atoms with Crippen LogP contribution in [-0.4, -0.2) is 12.0 Å². The van der Waals surface area contributed by atoms with Crippen LogP contribution in [0.25, 0.3) is 0 Å². The Labute approximate surface area is 86.8 Å². The Balaban J connectivity index is 2.31. The van der Waals surface area contributed by atoms with Crippen LogP contribution in [0.1, 0.15) is 23.1 Å². The average Bonchev–Trinajstić information content (AvgIpc) is 2.79. The predicted octanol–water partition coefficient (Wildman–Crippen LogP) is 2.35. The minimum Gasteiger partial charge on any atom is -0.469 e. The monoisotopic (exact) mass is 208 g/mol. The van der Waals surface area contributed by atoms with Gasteiger partial charge in [-0.15, -0.1) is 11.3 Å². The first-order valence-electron chi connectivity index (χ1n) is 4.41. The SMILES string of the molecule is CNC(c1coc(C)c1)c1cscn1. The molecular formula is C10H12N2OS. The third kappa shape index (κ3) is 1.71. The third-order valence-corrected chi connectivity index (χ3v) is 2.72. The number of nitrogens with zero attached hydrogens (tertiary/aromatic N) is 1. The second-order valence-corrected chi connectivity index (χ2v) is 3.84. The van der Waals surface area contributed by atoms with Gasteiger partial charge in [0.15, 0.2) is 0 Å². The molecular weight excluding hydrogens is 196 g/mol. The Morgan fingerprint density at radius 1 is 1.57 bits per heavy atom. The lowest BCUT2D eigenvalue weighted by Gasteiger charge is -2.10. The minimum atomic E-state index is 0.138. The zero-order valence-electron chi connectivity index (χ0n) is 8.15. The van der Waals surface area contributed by atoms with Crippen LogP contribution in [0.5, 0.6) is 0 Å². The topological polar surface area (TPSA) is 38.1 Å². The van der Waals surface area contributed by atoms with E-state index in [9.17, 15) is 0 Å². The molecule has 1 unspecified atom stereocenters. The van der Waals surface area contributed by atoms with Crippen molar-refractivity contribution >= 4 is 11.3 Å². The molecule has 0 amide bonds. The van der Waals surface area contributed by atoms with Gasteiger partial charge >= 0.3 is 0 Å². The van der Waals surface area contributed by atoms with E-state index in [1.54, 1.807) is 17.6 Å². The van der Waals surface area contributed by atoms with Gasteiger partial charge in [0.05, 0.1) is 23.5 Å². The van der Waals surface area contributed by atoms with Gasteiger partial charge in [-0.3, -0.25) is 0 Å². The maximum atomic E-state index is 5.28. The Morgan fingerprint density at radius 3 is 2.93 bits per heavy atom. The maximum absolute atomic E-state index is 5.28. The van der Waals surface area contributed by atoms with Gasteiger partial charge in [0.1, 0.15) is 5.76 Å². The summed E-state index contributed by atoms with van der Waals surface area (Å²) in [6.45, 7) is 1.94. The zero-order chi connectivity index (χ0) is 9.97. The van der Waals surface area contributed by atoms with Crippen LogP contribution in [0.15, 0.2) is 27.6 Å². The first-order chi connectivity index (χ1) is 6.81. The normalized spacial score (nSPS) is 13.0. The van der Waals surface area contributed by atoms with Gasteiger partial charge in [0.2, 0.25) is 0 Å². The van der Waals surface area contributed by atoms with Crippen molar-refractivity contribution in [3.05, 3.63) is 40.2 Å². The molecule has 14 heavy (non-hydrogen) atoms. The molecule has 0 aliphatic heterocycles. The molecule has 0 saturated carbocycles. The minimum absolute atomic E-state index is 0.138. The summed E-state index contributed by atoms with van der Waals surface area (Å²) in [7, 11) is 1.92. The van der Waals surface area contributed by atoms with E-state index in [2.05, 4.69) is 10.3 Å². The molecule has 0 radical (unpaired) electrons. The predicted molar refractivity (Wildman–Crippen MR) is 56.5 cm³/mol. The third-order valence-electron chi connectivity index (χ3n) is 2.12. The van der Waals surface area contributed by atoms with Crippen LogP contribution >= 0.6 is 11.3 Å². The molecule has 1 N–H and O–H groups in total. The molecule has 74 valence electrons. The first-order valence-corrected chi connectivity index (χ1v) is 5.36. The summed E-state index contributed by atoms with van der Waals surface area (Å²) in [4.78, 5) is 4.29. The van der Waals surface area contributed by atoms with E-state index in [0.29, 0.717) is 0 Å². The van der Waals surface area contributed by atoms with Crippen molar-refractivity contribution in [1.29, 1.82) is 0 Å². The fourth-order valence-electron chi connectivity index (χ4n) is 1.46. The number of thiazole rings is 1. The molecule has 0 saturated heterocycles. The van der Waals surface area contributed by atoms with Gasteiger partial charge in [-0.1, -0.05) is 0 Å². The second-order valence-electron chi connectivity index (χ2n) is 3.13. The van der Waals surface area contributed by atoms with Crippen molar-refractivity contribution in [2.24, 2.45) is 0 Å². The summed E-state index contributed by atoms with van der Waals surface area (Å²) in [5.74, 6) is 0.926. The molecule has 0 bridgehead atoms. The van der Waals surface area contributed by atoms with Gasteiger partial charge in [-0.2, -0.15) is 0 Å². The molecule has 0 aromatic carbocycles. The van der Waals surface area contributed by atoms with Crippen LogP contribution in [0, 0.1) is 6.92 Å². The molecule has 4 heteroatoms. The van der Waals surface area contributed by atoms with E-state index < -0.39 is 0 Å². The highest BCUT2D eigenvalue weighted by Crippen LogP contribution is 2.22. The standard InChI is InChI=1S/C10H12N2OS/c1-7-3-8(4-13-7)10(11-2)9-5-14-6-12-9/h3-6,10-11H,1-2H3. The summed E-state index contributed by atoms with van der Waals surface area (Å²) >= 11 is 1.60. The molecule has 2 aromatic heterocycles. The van der Waals surface area contributed by atoms with Gasteiger partial charge in [0.25, 0.3) is 0 Å². The van der Waals surface area contributed by atoms with Crippen LogP contribution in [0.4, 0.5) is 0 Å². The lowest BCUT2D eigenvalue weighted by atomic mass is 10.1. The highest BCUT2D eigenvalue weighted by Gasteiger charge is 2.15. The summed E-state index contributed by atoms with van der Waals surface area (Å²) in [6, 6.07) is 2.17. The van der Waals surface area contributed by atoms with Crippen molar-refractivity contribution in [2.75, 3.05) is 7.05 Å². The van der Waals surface area contributed by atoms with E-state index in [1.807, 2.05) is 30.9 Å². The van der Waals surface area contributed by atoms with Gasteiger partial charge < -0.3 is 9.73 Å². The smallest absolute Gasteiger partial charge is 0.101 e. The number of furan rings is 1. The van der Waals surface area contributed by atoms with Crippen molar-refractivity contribution in [3.63, 3.8) is 0 Å². The fraction of sp³-hybridized carbons (Fsp3) is 0.300. The molecule has 0 aliphatic rings. The number of rotatable bonds is 3. The van der Waals surface area contributed by atoms with Crippen LogP contribution in [0.3, 0.4) is 0 Å². The van der Waals surface area contributed by atoms with Crippen LogP contribution in [0.2, 0.25) is 0 Å². The summed E-state index contributed by atoms with van der Waals surface area (Å²) in [6.07, 6.45) is 1.77. The van der Waals surface area contributed by atoms with Crippen molar-refractivity contribution in [1.82, 2.24) is 10.3 Å². The highest BCUT2D eigenvalue weighted by molar-refractivity contribution is 7.07. The molecule has 0 aliphatic carbocycles. The molecule has 2 aromatic rings. The van der Waals surface area contributed by atoms with Crippen molar-refractivity contribution < 1.29 is 4.42 Å². The molecule has 2 rings (SSSR count). The Kier molecular flexibility index (Phi) is 2.65. The quantitative estimate of drug-likeness (QED) is 0.841. The van der Waals surface area contributed by atoms with E-state index >= 15 is 0 Å². The second kappa shape index (κ2) is 3.94. The summed E-state index contributed by atoms with van der Waals surface area (Å²) in [5.41, 5.74) is 4.00. The highest BCUT2D eigenvalue weighted by atomic mass is 32.1. The largest absolute Gasteiger partial charge is 0.469 e. The molecule has 3 nitrogen and oxygen atoms in total. The fourth-order valence-corrected chi connectivity index (χ4v) is 2.04. The van der Waals surface area contributed by atoms with Crippen LogP contribution < -0.4 is 5.32 Å². The summed E-state index contributed by atoms with van der Waals surface area (Å²) < 4.78 is 5.28. The van der Waals surface area contributed by atoms with Crippen molar-refractivity contribution in [2.45, 2.75) is 13.0 Å². The lowest BCUT2D eigenvalue weighted by Crippen LogP contribution is -2.17. The number of hydrogen-bond acceptors (Lipinski definition) is 4. The maximum Gasteiger partial charge on any atom is 0.101 e. The molecule has 2 heterocycles. The van der Waals surface area contributed by atoms with E-state index in [4.69, 9.17) is 4.42 Å². The van der Waals surface area contributed by atoms with Crippen LogP contribution in [-0.2, 0) is 0 Å². The van der Waals surface area contributed by atoms with E-state index in [-0.39, 0.29) is 6.04 Å². The summed E-state index contributed by atoms with van der Waals surface area (Å²) in [5, 5.41) is 5.26.